The maximum atomic E-state index is 10.6. The van der Waals surface area contributed by atoms with Crippen molar-refractivity contribution in [2.45, 2.75) is 0 Å². The van der Waals surface area contributed by atoms with Gasteiger partial charge < -0.3 is 0 Å². The third-order valence-electron chi connectivity index (χ3n) is 0.897. The van der Waals surface area contributed by atoms with Crippen LogP contribution in [0.5, 0.6) is 0 Å². The van der Waals surface area contributed by atoms with Crippen LogP contribution in [0.25, 0.3) is 0 Å². The molecule has 1 aromatic rings. The summed E-state index contributed by atoms with van der Waals surface area (Å²) in [5, 5.41) is 0. The fourth-order valence-electron chi connectivity index (χ4n) is 0.544. The summed E-state index contributed by atoms with van der Waals surface area (Å²) in [6, 6.07) is 1.11. The quantitative estimate of drug-likeness (QED) is 0.518. The van der Waals surface area contributed by atoms with E-state index in [9.17, 15) is 13.2 Å². The van der Waals surface area contributed by atoms with E-state index in [1.54, 1.807) is 4.72 Å². The molecule has 0 aliphatic carbocycles. The number of aromatic nitrogens is 2. The van der Waals surface area contributed by atoms with Crippen molar-refractivity contribution in [2.24, 2.45) is 0 Å². The van der Waals surface area contributed by atoms with E-state index in [2.05, 4.69) is 4.98 Å². The molecule has 0 aromatic carbocycles. The van der Waals surface area contributed by atoms with Crippen LogP contribution in [0.3, 0.4) is 0 Å². The molecule has 12 heavy (non-hydrogen) atoms. The molecule has 0 amide bonds. The van der Waals surface area contributed by atoms with E-state index in [-0.39, 0.29) is 5.95 Å². The van der Waals surface area contributed by atoms with Crippen LogP contribution < -0.4 is 10.3 Å². The zero-order valence-electron chi connectivity index (χ0n) is 5.68. The second-order valence-corrected chi connectivity index (χ2v) is 3.01. The summed E-state index contributed by atoms with van der Waals surface area (Å²) in [4.78, 5) is 16.0. The van der Waals surface area contributed by atoms with Crippen molar-refractivity contribution in [2.75, 3.05) is 4.72 Å². The second-order valence-electron chi connectivity index (χ2n) is 1.86. The first-order chi connectivity index (χ1) is 5.47. The Hall–Kier alpha value is -1.41. The summed E-state index contributed by atoms with van der Waals surface area (Å²) in [6.07, 6.45) is 1.10. The molecule has 0 spiro atoms. The molecule has 0 bridgehead atoms. The van der Waals surface area contributed by atoms with Crippen LogP contribution in [0.2, 0.25) is 0 Å². The normalized spacial score (nSPS) is 11.1. The number of aromatic amines is 1. The van der Waals surface area contributed by atoms with Gasteiger partial charge in [0, 0.05) is 12.3 Å². The van der Waals surface area contributed by atoms with Crippen molar-refractivity contribution in [3.05, 3.63) is 22.6 Å². The maximum absolute atomic E-state index is 10.6. The van der Waals surface area contributed by atoms with Gasteiger partial charge in [-0.3, -0.25) is 14.3 Å². The van der Waals surface area contributed by atoms with Gasteiger partial charge in [0.2, 0.25) is 5.95 Å². The van der Waals surface area contributed by atoms with Gasteiger partial charge in [0.1, 0.15) is 0 Å². The zero-order chi connectivity index (χ0) is 9.19. The number of rotatable bonds is 2. The van der Waals surface area contributed by atoms with Gasteiger partial charge in [0.25, 0.3) is 5.56 Å². The Morgan fingerprint density at radius 3 is 2.75 bits per heavy atom. The van der Waals surface area contributed by atoms with E-state index in [1.807, 2.05) is 4.98 Å². The molecule has 0 radical (unpaired) electrons. The standard InChI is InChI=1S/C4H5N3O4S/c8-3-1-2-5-4(6-3)7-12(9,10)11/h1-2H,(H,9,10,11)(H2,5,6,7,8). The first-order valence-corrected chi connectivity index (χ1v) is 4.22. The molecular weight excluding hydrogens is 186 g/mol. The van der Waals surface area contributed by atoms with Gasteiger partial charge >= 0.3 is 10.3 Å². The molecule has 1 aromatic heterocycles. The van der Waals surface area contributed by atoms with Crippen LogP contribution in [-0.4, -0.2) is 22.9 Å². The highest BCUT2D eigenvalue weighted by molar-refractivity contribution is 7.87. The lowest BCUT2D eigenvalue weighted by atomic mass is 10.7. The van der Waals surface area contributed by atoms with Crippen molar-refractivity contribution >= 4 is 16.3 Å². The number of nitrogens with zero attached hydrogens (tertiary/aromatic N) is 1. The monoisotopic (exact) mass is 191 g/mol. The van der Waals surface area contributed by atoms with Crippen LogP contribution in [-0.2, 0) is 10.3 Å². The van der Waals surface area contributed by atoms with Gasteiger partial charge in [-0.15, -0.1) is 0 Å². The highest BCUT2D eigenvalue weighted by Crippen LogP contribution is 1.92. The second kappa shape index (κ2) is 2.91. The summed E-state index contributed by atoms with van der Waals surface area (Å²) in [5.41, 5.74) is -0.517. The summed E-state index contributed by atoms with van der Waals surface area (Å²) >= 11 is 0. The van der Waals surface area contributed by atoms with Gasteiger partial charge in [-0.25, -0.2) is 9.71 Å². The van der Waals surface area contributed by atoms with E-state index >= 15 is 0 Å². The Bertz CT molecular complexity index is 422. The Morgan fingerprint density at radius 1 is 1.58 bits per heavy atom. The highest BCUT2D eigenvalue weighted by Gasteiger charge is 2.04. The number of H-pyrrole nitrogens is 1. The Labute approximate surface area is 67.3 Å². The molecule has 0 aliphatic heterocycles. The molecule has 1 heterocycles. The van der Waals surface area contributed by atoms with Crippen molar-refractivity contribution in [1.29, 1.82) is 0 Å². The largest absolute Gasteiger partial charge is 0.359 e. The van der Waals surface area contributed by atoms with Gasteiger partial charge in [-0.05, 0) is 0 Å². The van der Waals surface area contributed by atoms with Crippen LogP contribution >= 0.6 is 0 Å². The number of hydrogen-bond donors (Lipinski definition) is 3. The molecule has 0 unspecified atom stereocenters. The minimum absolute atomic E-state index is 0.329. The van der Waals surface area contributed by atoms with Gasteiger partial charge in [0.05, 0.1) is 0 Å². The smallest absolute Gasteiger partial charge is 0.292 e. The predicted molar refractivity (Wildman–Crippen MR) is 40.0 cm³/mol. The van der Waals surface area contributed by atoms with Crippen LogP contribution in [0.4, 0.5) is 5.95 Å². The maximum Gasteiger partial charge on any atom is 0.359 e. The molecule has 0 fully saturated rings. The lowest BCUT2D eigenvalue weighted by molar-refractivity contribution is 0.489. The lowest BCUT2D eigenvalue weighted by Gasteiger charge is -1.98. The van der Waals surface area contributed by atoms with E-state index in [4.69, 9.17) is 4.55 Å². The van der Waals surface area contributed by atoms with E-state index < -0.39 is 15.9 Å². The Morgan fingerprint density at radius 2 is 2.25 bits per heavy atom. The Kier molecular flexibility index (Phi) is 2.11. The van der Waals surface area contributed by atoms with Crippen molar-refractivity contribution in [3.63, 3.8) is 0 Å². The van der Waals surface area contributed by atoms with Crippen molar-refractivity contribution < 1.29 is 13.0 Å². The van der Waals surface area contributed by atoms with E-state index in [0.717, 1.165) is 12.3 Å². The molecule has 0 atom stereocenters. The average molecular weight is 191 g/mol. The topological polar surface area (TPSA) is 112 Å². The molecule has 3 N–H and O–H groups in total. The lowest BCUT2D eigenvalue weighted by Crippen LogP contribution is -2.16. The molecule has 8 heteroatoms. The Balaban J connectivity index is 2.99. The third kappa shape index (κ3) is 2.68. The number of anilines is 1. The first kappa shape index (κ1) is 8.68. The van der Waals surface area contributed by atoms with Gasteiger partial charge in [-0.2, -0.15) is 8.42 Å². The van der Waals surface area contributed by atoms with Gasteiger partial charge in [0.15, 0.2) is 0 Å². The summed E-state index contributed by atoms with van der Waals surface area (Å²) in [6.45, 7) is 0. The first-order valence-electron chi connectivity index (χ1n) is 2.78. The number of hydrogen-bond acceptors (Lipinski definition) is 4. The minimum atomic E-state index is -4.38. The zero-order valence-corrected chi connectivity index (χ0v) is 6.50. The number of nitrogens with one attached hydrogen (secondary N) is 2. The van der Waals surface area contributed by atoms with Crippen LogP contribution in [0.1, 0.15) is 0 Å². The summed E-state index contributed by atoms with van der Waals surface area (Å²) in [5.74, 6) is -0.329. The summed E-state index contributed by atoms with van der Waals surface area (Å²) in [7, 11) is -4.38. The third-order valence-corrected chi connectivity index (χ3v) is 1.35. The molecule has 0 aliphatic rings. The molecule has 66 valence electrons. The molecule has 0 saturated carbocycles. The van der Waals surface area contributed by atoms with E-state index in [1.165, 1.54) is 0 Å². The predicted octanol–water partition coefficient (Wildman–Crippen LogP) is -1.02. The SMILES string of the molecule is O=c1ccnc(NS(=O)(=O)O)[nH]1. The van der Waals surface area contributed by atoms with Crippen molar-refractivity contribution in [1.82, 2.24) is 9.97 Å². The highest BCUT2D eigenvalue weighted by atomic mass is 32.2. The van der Waals surface area contributed by atoms with Crippen LogP contribution in [0, 0.1) is 0 Å². The molecule has 7 nitrogen and oxygen atoms in total. The fourth-order valence-corrected chi connectivity index (χ4v) is 0.892. The van der Waals surface area contributed by atoms with Crippen molar-refractivity contribution in [3.8, 4) is 0 Å². The van der Waals surface area contributed by atoms with E-state index in [0.29, 0.717) is 0 Å². The summed E-state index contributed by atoms with van der Waals surface area (Å²) < 4.78 is 30.2. The average Bonchev–Trinajstić information content (AvgIpc) is 1.82. The molecule has 0 saturated heterocycles. The van der Waals surface area contributed by atoms with Gasteiger partial charge in [-0.1, -0.05) is 0 Å². The fraction of sp³-hybridized carbons (Fsp3) is 0. The molecular formula is C4H5N3O4S. The molecule has 1 rings (SSSR count). The van der Waals surface area contributed by atoms with Crippen LogP contribution in [0.15, 0.2) is 17.1 Å². The minimum Gasteiger partial charge on any atom is -0.292 e.